The molecule has 0 spiro atoms. The van der Waals surface area contributed by atoms with Crippen LogP contribution in [0, 0.1) is 5.92 Å². The lowest BCUT2D eigenvalue weighted by atomic mass is 9.79. The number of benzene rings is 1. The van der Waals surface area contributed by atoms with Crippen LogP contribution < -0.4 is 14.8 Å². The highest BCUT2D eigenvalue weighted by Gasteiger charge is 2.37. The molecule has 2 aliphatic heterocycles. The molecule has 1 N–H and O–H groups in total. The first kappa shape index (κ1) is 23.4. The van der Waals surface area contributed by atoms with Crippen molar-refractivity contribution in [1.82, 2.24) is 10.2 Å². The normalized spacial score (nSPS) is 22.7. The van der Waals surface area contributed by atoms with Gasteiger partial charge in [-0.25, -0.2) is 0 Å². The molecule has 1 atom stereocenters. The Bertz CT molecular complexity index is 722. The van der Waals surface area contributed by atoms with E-state index < -0.39 is 0 Å². The molecule has 1 aliphatic carbocycles. The maximum Gasteiger partial charge on any atom is 0.193 e. The highest BCUT2D eigenvalue weighted by atomic mass is 127. The van der Waals surface area contributed by atoms with Gasteiger partial charge >= 0.3 is 0 Å². The molecule has 0 radical (unpaired) electrons. The molecule has 1 aromatic carbocycles. The highest BCUT2D eigenvalue weighted by molar-refractivity contribution is 14.0. The predicted molar refractivity (Wildman–Crippen MR) is 131 cm³/mol. The Labute approximate surface area is 197 Å². The van der Waals surface area contributed by atoms with Crippen LogP contribution in [0.5, 0.6) is 11.5 Å². The zero-order valence-corrected chi connectivity index (χ0v) is 20.7. The predicted octanol–water partition coefficient (Wildman–Crippen LogP) is 3.82. The number of ether oxygens (including phenoxy) is 3. The van der Waals surface area contributed by atoms with Gasteiger partial charge in [-0.3, -0.25) is 4.99 Å². The average molecular weight is 529 g/mol. The maximum atomic E-state index is 5.86. The molecule has 7 heteroatoms. The fourth-order valence-electron chi connectivity index (χ4n) is 5.01. The summed E-state index contributed by atoms with van der Waals surface area (Å²) in [5.41, 5.74) is 1.44. The first-order chi connectivity index (χ1) is 14.2. The largest absolute Gasteiger partial charge is 0.486 e. The van der Waals surface area contributed by atoms with Crippen molar-refractivity contribution >= 4 is 29.9 Å². The lowest BCUT2D eigenvalue weighted by molar-refractivity contribution is 0.157. The topological polar surface area (TPSA) is 55.3 Å². The van der Waals surface area contributed by atoms with Crippen molar-refractivity contribution in [3.63, 3.8) is 0 Å². The third-order valence-electron chi connectivity index (χ3n) is 6.57. The van der Waals surface area contributed by atoms with Gasteiger partial charge in [-0.2, -0.15) is 0 Å². The van der Waals surface area contributed by atoms with Gasteiger partial charge in [0.25, 0.3) is 0 Å². The number of fused-ring (bicyclic) bond motifs is 1. The number of hydrogen-bond acceptors (Lipinski definition) is 4. The molecule has 3 aliphatic rings. The monoisotopic (exact) mass is 529 g/mol. The molecule has 168 valence electrons. The van der Waals surface area contributed by atoms with E-state index in [2.05, 4.69) is 35.3 Å². The van der Waals surface area contributed by atoms with E-state index in [4.69, 9.17) is 19.2 Å². The van der Waals surface area contributed by atoms with Crippen LogP contribution in [-0.2, 0) is 10.2 Å². The fraction of sp³-hybridized carbons (Fsp3) is 0.696. The molecule has 1 unspecified atom stereocenters. The number of guanidine groups is 1. The summed E-state index contributed by atoms with van der Waals surface area (Å²) in [5, 5.41) is 3.52. The van der Waals surface area contributed by atoms with E-state index in [1.807, 2.05) is 0 Å². The smallest absolute Gasteiger partial charge is 0.193 e. The van der Waals surface area contributed by atoms with E-state index in [0.717, 1.165) is 50.2 Å². The Balaban J connectivity index is 0.00000256. The second-order valence-corrected chi connectivity index (χ2v) is 8.57. The molecule has 1 saturated heterocycles. The molecular weight excluding hydrogens is 493 g/mol. The van der Waals surface area contributed by atoms with Crippen LogP contribution in [0.25, 0.3) is 0 Å². The van der Waals surface area contributed by atoms with E-state index in [9.17, 15) is 0 Å². The zero-order valence-electron chi connectivity index (χ0n) is 18.3. The van der Waals surface area contributed by atoms with Crippen LogP contribution in [0.3, 0.4) is 0 Å². The van der Waals surface area contributed by atoms with Gasteiger partial charge < -0.3 is 24.4 Å². The third kappa shape index (κ3) is 5.15. The number of hydrogen-bond donors (Lipinski definition) is 1. The van der Waals surface area contributed by atoms with Crippen LogP contribution in [-0.4, -0.2) is 64.0 Å². The quantitative estimate of drug-likeness (QED) is 0.345. The van der Waals surface area contributed by atoms with E-state index >= 15 is 0 Å². The minimum absolute atomic E-state index is 0. The summed E-state index contributed by atoms with van der Waals surface area (Å²) in [5.74, 6) is 3.40. The van der Waals surface area contributed by atoms with Gasteiger partial charge in [0.2, 0.25) is 0 Å². The van der Waals surface area contributed by atoms with Crippen LogP contribution in [0.4, 0.5) is 0 Å². The standard InChI is InChI=1S/C23H35N3O3.HI/c1-3-24-22(26-11-8-18(15-26)16-27-2)25-17-23(9-4-5-10-23)19-6-7-20-21(14-19)29-13-12-28-20;/h6-7,14,18H,3-5,8-13,15-17H2,1-2H3,(H,24,25);1H. The first-order valence-electron chi connectivity index (χ1n) is 11.2. The Morgan fingerprint density at radius 1 is 1.23 bits per heavy atom. The molecule has 2 heterocycles. The summed E-state index contributed by atoms with van der Waals surface area (Å²) in [6.45, 7) is 8.02. The number of nitrogens with zero attached hydrogens (tertiary/aromatic N) is 2. The number of methoxy groups -OCH3 is 1. The van der Waals surface area contributed by atoms with Crippen LogP contribution in [0.1, 0.15) is 44.6 Å². The molecule has 4 rings (SSSR count). The van der Waals surface area contributed by atoms with E-state index in [-0.39, 0.29) is 29.4 Å². The summed E-state index contributed by atoms with van der Waals surface area (Å²) < 4.78 is 16.9. The van der Waals surface area contributed by atoms with Crippen molar-refractivity contribution in [2.75, 3.05) is 53.1 Å². The number of likely N-dealkylation sites (tertiary alicyclic amines) is 1. The summed E-state index contributed by atoms with van der Waals surface area (Å²) >= 11 is 0. The van der Waals surface area contributed by atoms with Crippen molar-refractivity contribution in [3.05, 3.63) is 23.8 Å². The van der Waals surface area contributed by atoms with E-state index in [1.54, 1.807) is 7.11 Å². The minimum Gasteiger partial charge on any atom is -0.486 e. The van der Waals surface area contributed by atoms with Crippen molar-refractivity contribution in [1.29, 1.82) is 0 Å². The Hall–Kier alpha value is -1.22. The molecule has 0 amide bonds. The summed E-state index contributed by atoms with van der Waals surface area (Å²) in [6, 6.07) is 6.51. The number of rotatable bonds is 6. The van der Waals surface area contributed by atoms with Gasteiger partial charge in [0.1, 0.15) is 13.2 Å². The number of nitrogens with one attached hydrogen (secondary N) is 1. The molecule has 0 aromatic heterocycles. The van der Waals surface area contributed by atoms with E-state index in [0.29, 0.717) is 19.1 Å². The molecule has 30 heavy (non-hydrogen) atoms. The number of aliphatic imine (C=N–C) groups is 1. The van der Waals surface area contributed by atoms with Gasteiger partial charge in [0.15, 0.2) is 17.5 Å². The maximum absolute atomic E-state index is 5.86. The molecule has 1 saturated carbocycles. The van der Waals surface area contributed by atoms with Gasteiger partial charge in [-0.15, -0.1) is 24.0 Å². The second-order valence-electron chi connectivity index (χ2n) is 8.57. The first-order valence-corrected chi connectivity index (χ1v) is 11.2. The van der Waals surface area contributed by atoms with Crippen molar-refractivity contribution in [2.24, 2.45) is 10.9 Å². The second kappa shape index (κ2) is 10.9. The van der Waals surface area contributed by atoms with Crippen LogP contribution in [0.15, 0.2) is 23.2 Å². The highest BCUT2D eigenvalue weighted by Crippen LogP contribution is 2.44. The summed E-state index contributed by atoms with van der Waals surface area (Å²) in [4.78, 5) is 7.55. The van der Waals surface area contributed by atoms with E-state index in [1.165, 1.54) is 37.7 Å². The average Bonchev–Trinajstić information content (AvgIpc) is 3.42. The van der Waals surface area contributed by atoms with Crippen LogP contribution >= 0.6 is 24.0 Å². The zero-order chi connectivity index (χ0) is 20.1. The lowest BCUT2D eigenvalue weighted by Crippen LogP contribution is -2.41. The molecule has 6 nitrogen and oxygen atoms in total. The Kier molecular flexibility index (Phi) is 8.51. The molecule has 1 aromatic rings. The Morgan fingerprint density at radius 2 is 2.00 bits per heavy atom. The lowest BCUT2D eigenvalue weighted by Gasteiger charge is -2.31. The van der Waals surface area contributed by atoms with Crippen molar-refractivity contribution < 1.29 is 14.2 Å². The van der Waals surface area contributed by atoms with Gasteiger partial charge in [0.05, 0.1) is 13.2 Å². The summed E-state index contributed by atoms with van der Waals surface area (Å²) in [6.07, 6.45) is 6.06. The van der Waals surface area contributed by atoms with Crippen molar-refractivity contribution in [2.45, 2.75) is 44.4 Å². The van der Waals surface area contributed by atoms with Crippen molar-refractivity contribution in [3.8, 4) is 11.5 Å². The number of halogens is 1. The van der Waals surface area contributed by atoms with Gasteiger partial charge in [0, 0.05) is 38.1 Å². The van der Waals surface area contributed by atoms with Crippen LogP contribution in [0.2, 0.25) is 0 Å². The molecule has 2 fully saturated rings. The molecule has 0 bridgehead atoms. The molecular formula is C23H36IN3O3. The third-order valence-corrected chi connectivity index (χ3v) is 6.57. The van der Waals surface area contributed by atoms with Gasteiger partial charge in [-0.05, 0) is 43.9 Å². The SMILES string of the molecule is CCNC(=NCC1(c2ccc3c(c2)OCCO3)CCCC1)N1CCC(COC)C1.I. The fourth-order valence-corrected chi connectivity index (χ4v) is 5.01. The van der Waals surface area contributed by atoms with Gasteiger partial charge in [-0.1, -0.05) is 18.9 Å². The minimum atomic E-state index is 0. The summed E-state index contributed by atoms with van der Waals surface area (Å²) in [7, 11) is 1.79. The Morgan fingerprint density at radius 3 is 2.73 bits per heavy atom.